The van der Waals surface area contributed by atoms with Crippen LogP contribution in [0, 0.1) is 5.92 Å². The molecule has 0 atom stereocenters. The van der Waals surface area contributed by atoms with Gasteiger partial charge in [0.1, 0.15) is 0 Å². The average molecular weight is 254 g/mol. The first-order chi connectivity index (χ1) is 8.74. The lowest BCUT2D eigenvalue weighted by molar-refractivity contribution is -0.131. The fourth-order valence-corrected chi connectivity index (χ4v) is 2.37. The van der Waals surface area contributed by atoms with Crippen molar-refractivity contribution in [2.75, 3.05) is 0 Å². The molecule has 1 fully saturated rings. The third-order valence-corrected chi connectivity index (χ3v) is 3.56. The molecule has 18 heavy (non-hydrogen) atoms. The Morgan fingerprint density at radius 1 is 1.00 bits per heavy atom. The zero-order valence-electron chi connectivity index (χ0n) is 11.5. The lowest BCUT2D eigenvalue weighted by Crippen LogP contribution is -2.44. The lowest BCUT2D eigenvalue weighted by atomic mass is 9.89. The zero-order chi connectivity index (χ0) is 13.2. The van der Waals surface area contributed by atoms with Crippen LogP contribution in [0.15, 0.2) is 0 Å². The first kappa shape index (κ1) is 15.0. The number of rotatable bonds is 6. The van der Waals surface area contributed by atoms with Gasteiger partial charge in [0.2, 0.25) is 11.8 Å². The van der Waals surface area contributed by atoms with Crippen LogP contribution in [0.25, 0.3) is 0 Å². The van der Waals surface area contributed by atoms with Crippen LogP contribution in [0.3, 0.4) is 0 Å². The predicted molar refractivity (Wildman–Crippen MR) is 71.6 cm³/mol. The molecule has 0 unspecified atom stereocenters. The maximum atomic E-state index is 11.8. The van der Waals surface area contributed by atoms with Gasteiger partial charge < -0.3 is 0 Å². The number of hydrogen-bond acceptors (Lipinski definition) is 2. The van der Waals surface area contributed by atoms with E-state index in [0.717, 1.165) is 38.5 Å². The van der Waals surface area contributed by atoms with Gasteiger partial charge in [-0.25, -0.2) is 0 Å². The molecule has 1 saturated carbocycles. The maximum absolute atomic E-state index is 11.8. The predicted octanol–water partition coefficient (Wildman–Crippen LogP) is 2.68. The minimum Gasteiger partial charge on any atom is -0.273 e. The molecule has 2 amide bonds. The van der Waals surface area contributed by atoms with Crippen molar-refractivity contribution in [2.24, 2.45) is 5.92 Å². The summed E-state index contributed by atoms with van der Waals surface area (Å²) in [6.45, 7) is 2.14. The summed E-state index contributed by atoms with van der Waals surface area (Å²) in [6.07, 6.45) is 10.2. The van der Waals surface area contributed by atoms with Gasteiger partial charge in [0.05, 0.1) is 0 Å². The number of carbonyl (C=O) groups is 2. The fourth-order valence-electron chi connectivity index (χ4n) is 2.37. The number of amides is 2. The highest BCUT2D eigenvalue weighted by atomic mass is 16.2. The molecule has 0 heterocycles. The molecule has 0 bridgehead atoms. The van der Waals surface area contributed by atoms with Crippen molar-refractivity contribution in [3.8, 4) is 0 Å². The highest BCUT2D eigenvalue weighted by Crippen LogP contribution is 2.23. The number of nitrogens with one attached hydrogen (secondary N) is 2. The molecule has 104 valence electrons. The fraction of sp³-hybridized carbons (Fsp3) is 0.857. The summed E-state index contributed by atoms with van der Waals surface area (Å²) in [4.78, 5) is 23.2. The normalized spacial score (nSPS) is 16.3. The number of carbonyl (C=O) groups excluding carboxylic acids is 2. The van der Waals surface area contributed by atoms with E-state index in [-0.39, 0.29) is 17.7 Å². The first-order valence-electron chi connectivity index (χ1n) is 7.32. The summed E-state index contributed by atoms with van der Waals surface area (Å²) in [5.41, 5.74) is 5.07. The first-order valence-corrected chi connectivity index (χ1v) is 7.32. The molecule has 0 aliphatic heterocycles. The van der Waals surface area contributed by atoms with E-state index < -0.39 is 0 Å². The minimum atomic E-state index is -0.0738. The summed E-state index contributed by atoms with van der Waals surface area (Å²) in [5, 5.41) is 0. The molecule has 0 aromatic heterocycles. The Balaban J connectivity index is 2.07. The lowest BCUT2D eigenvalue weighted by Gasteiger charge is -2.20. The van der Waals surface area contributed by atoms with Crippen LogP contribution < -0.4 is 10.9 Å². The second-order valence-corrected chi connectivity index (χ2v) is 5.18. The second-order valence-electron chi connectivity index (χ2n) is 5.18. The molecule has 2 N–H and O–H groups in total. The van der Waals surface area contributed by atoms with Crippen molar-refractivity contribution in [1.82, 2.24) is 10.9 Å². The number of unbranched alkanes of at least 4 members (excludes halogenated alkanes) is 3. The van der Waals surface area contributed by atoms with E-state index in [1.165, 1.54) is 19.3 Å². The van der Waals surface area contributed by atoms with Gasteiger partial charge in [-0.1, -0.05) is 45.4 Å². The third-order valence-electron chi connectivity index (χ3n) is 3.56. The van der Waals surface area contributed by atoms with E-state index >= 15 is 0 Å². The van der Waals surface area contributed by atoms with Crippen molar-refractivity contribution in [3.05, 3.63) is 0 Å². The molecular weight excluding hydrogens is 228 g/mol. The van der Waals surface area contributed by atoms with Crippen molar-refractivity contribution < 1.29 is 9.59 Å². The van der Waals surface area contributed by atoms with Gasteiger partial charge in [0, 0.05) is 12.3 Å². The Bertz CT molecular complexity index is 261. The Kier molecular flexibility index (Phi) is 7.46. The van der Waals surface area contributed by atoms with Crippen LogP contribution in [0.1, 0.15) is 71.1 Å². The van der Waals surface area contributed by atoms with E-state index in [9.17, 15) is 9.59 Å². The van der Waals surface area contributed by atoms with Crippen LogP contribution in [0.5, 0.6) is 0 Å². The number of hydrogen-bond donors (Lipinski definition) is 2. The number of hydrazine groups is 1. The van der Waals surface area contributed by atoms with Crippen LogP contribution in [-0.4, -0.2) is 11.8 Å². The Morgan fingerprint density at radius 2 is 1.72 bits per heavy atom. The monoisotopic (exact) mass is 254 g/mol. The van der Waals surface area contributed by atoms with Gasteiger partial charge in [-0.2, -0.15) is 0 Å². The highest BCUT2D eigenvalue weighted by Gasteiger charge is 2.21. The van der Waals surface area contributed by atoms with E-state index in [1.807, 2.05) is 0 Å². The summed E-state index contributed by atoms with van der Waals surface area (Å²) in [7, 11) is 0. The van der Waals surface area contributed by atoms with Gasteiger partial charge >= 0.3 is 0 Å². The van der Waals surface area contributed by atoms with Crippen molar-refractivity contribution >= 4 is 11.8 Å². The maximum Gasteiger partial charge on any atom is 0.241 e. The standard InChI is InChI=1S/C14H26N2O2/c1-2-3-4-8-11-13(17)15-16-14(18)12-9-6-5-7-10-12/h12H,2-11H2,1H3,(H,15,17)(H,16,18). The summed E-state index contributed by atoms with van der Waals surface area (Å²) >= 11 is 0. The molecule has 0 saturated heterocycles. The quantitative estimate of drug-likeness (QED) is 0.565. The third kappa shape index (κ3) is 6.03. The molecule has 1 rings (SSSR count). The molecule has 4 heteroatoms. The Morgan fingerprint density at radius 3 is 2.39 bits per heavy atom. The molecule has 0 radical (unpaired) electrons. The van der Waals surface area contributed by atoms with Crippen LogP contribution in [0.4, 0.5) is 0 Å². The summed E-state index contributed by atoms with van der Waals surface area (Å²) in [5.74, 6) is 0.00557. The molecule has 0 aromatic carbocycles. The molecular formula is C14H26N2O2. The minimum absolute atomic E-state index is 0.0170. The van der Waals surface area contributed by atoms with Gasteiger partial charge in [-0.05, 0) is 19.3 Å². The zero-order valence-corrected chi connectivity index (χ0v) is 11.5. The molecule has 4 nitrogen and oxygen atoms in total. The SMILES string of the molecule is CCCCCCC(=O)NNC(=O)C1CCCCC1. The molecule has 1 aliphatic rings. The van der Waals surface area contributed by atoms with Crippen LogP contribution in [0.2, 0.25) is 0 Å². The van der Waals surface area contributed by atoms with Crippen molar-refractivity contribution in [2.45, 2.75) is 71.1 Å². The summed E-state index contributed by atoms with van der Waals surface area (Å²) in [6, 6.07) is 0. The van der Waals surface area contributed by atoms with Crippen molar-refractivity contribution in [3.63, 3.8) is 0 Å². The van der Waals surface area contributed by atoms with E-state index in [2.05, 4.69) is 17.8 Å². The van der Waals surface area contributed by atoms with E-state index in [0.29, 0.717) is 6.42 Å². The summed E-state index contributed by atoms with van der Waals surface area (Å²) < 4.78 is 0. The second kappa shape index (κ2) is 8.95. The van der Waals surface area contributed by atoms with Gasteiger partial charge in [0.15, 0.2) is 0 Å². The van der Waals surface area contributed by atoms with Crippen LogP contribution >= 0.6 is 0 Å². The smallest absolute Gasteiger partial charge is 0.241 e. The van der Waals surface area contributed by atoms with Crippen molar-refractivity contribution in [1.29, 1.82) is 0 Å². The van der Waals surface area contributed by atoms with E-state index in [1.54, 1.807) is 0 Å². The Labute approximate surface area is 110 Å². The van der Waals surface area contributed by atoms with Gasteiger partial charge in [-0.15, -0.1) is 0 Å². The van der Waals surface area contributed by atoms with Gasteiger partial charge in [0.25, 0.3) is 0 Å². The Hall–Kier alpha value is -1.06. The highest BCUT2D eigenvalue weighted by molar-refractivity contribution is 5.83. The van der Waals surface area contributed by atoms with Gasteiger partial charge in [-0.3, -0.25) is 20.4 Å². The van der Waals surface area contributed by atoms with Crippen LogP contribution in [-0.2, 0) is 9.59 Å². The molecule has 1 aliphatic carbocycles. The average Bonchev–Trinajstić information content (AvgIpc) is 2.42. The largest absolute Gasteiger partial charge is 0.273 e. The molecule has 0 spiro atoms. The van der Waals surface area contributed by atoms with E-state index in [4.69, 9.17) is 0 Å². The topological polar surface area (TPSA) is 58.2 Å². The molecule has 0 aromatic rings.